The van der Waals surface area contributed by atoms with Crippen LogP contribution in [0.4, 0.5) is 11.6 Å². The molecule has 4 heterocycles. The minimum Gasteiger partial charge on any atom is -0.398 e. The number of carbonyl (C=O) groups excluding carboxylic acids is 1. The van der Waals surface area contributed by atoms with E-state index in [9.17, 15) is 4.79 Å². The highest BCUT2D eigenvalue weighted by atomic mass is 32.1. The molecule has 10 nitrogen and oxygen atoms in total. The second-order valence-electron chi connectivity index (χ2n) is 8.68. The van der Waals surface area contributed by atoms with E-state index >= 15 is 0 Å². The van der Waals surface area contributed by atoms with E-state index in [0.717, 1.165) is 53.2 Å². The van der Waals surface area contributed by atoms with Crippen LogP contribution < -0.4 is 10.6 Å². The summed E-state index contributed by atoms with van der Waals surface area (Å²) in [4.78, 5) is 27.9. The van der Waals surface area contributed by atoms with Crippen molar-refractivity contribution in [2.24, 2.45) is 0 Å². The quantitative estimate of drug-likeness (QED) is 0.346. The van der Waals surface area contributed by atoms with Gasteiger partial charge in [0.05, 0.1) is 29.1 Å². The molecule has 5 rings (SSSR count). The van der Waals surface area contributed by atoms with Crippen LogP contribution in [0.1, 0.15) is 11.1 Å². The SMILES string of the molecule is N=Cc1c(N)cccc1-c1nc(N2CCOCC2)nc2c(CN3CCN(C(=O)CO)CC3)csc12. The van der Waals surface area contributed by atoms with Gasteiger partial charge in [-0.3, -0.25) is 9.69 Å². The molecule has 35 heavy (non-hydrogen) atoms. The number of carbonyl (C=O) groups is 1. The smallest absolute Gasteiger partial charge is 0.248 e. The number of aromatic nitrogens is 2. The van der Waals surface area contributed by atoms with Crippen molar-refractivity contribution < 1.29 is 14.6 Å². The Hall–Kier alpha value is -3.12. The molecule has 0 bridgehead atoms. The average molecular weight is 496 g/mol. The molecule has 1 aromatic carbocycles. The van der Waals surface area contributed by atoms with Gasteiger partial charge in [0, 0.05) is 74.4 Å². The van der Waals surface area contributed by atoms with Gasteiger partial charge < -0.3 is 30.8 Å². The summed E-state index contributed by atoms with van der Waals surface area (Å²) >= 11 is 1.61. The van der Waals surface area contributed by atoms with Crippen LogP contribution in [-0.2, 0) is 16.1 Å². The highest BCUT2D eigenvalue weighted by molar-refractivity contribution is 7.17. The molecular formula is C24H29N7O3S. The summed E-state index contributed by atoms with van der Waals surface area (Å²) in [5, 5.41) is 19.2. The Morgan fingerprint density at radius 3 is 2.66 bits per heavy atom. The van der Waals surface area contributed by atoms with Gasteiger partial charge >= 0.3 is 0 Å². The lowest BCUT2D eigenvalue weighted by Crippen LogP contribution is -2.49. The number of anilines is 2. The molecular weight excluding hydrogens is 466 g/mol. The zero-order valence-electron chi connectivity index (χ0n) is 19.4. The van der Waals surface area contributed by atoms with Gasteiger partial charge in [-0.2, -0.15) is 0 Å². The lowest BCUT2D eigenvalue weighted by Gasteiger charge is -2.34. The number of nitrogens with one attached hydrogen (secondary N) is 1. The fourth-order valence-corrected chi connectivity index (χ4v) is 5.60. The number of nitrogens with two attached hydrogens (primary N) is 1. The van der Waals surface area contributed by atoms with E-state index in [0.29, 0.717) is 50.0 Å². The number of amides is 1. The molecule has 2 fully saturated rings. The summed E-state index contributed by atoms with van der Waals surface area (Å²) in [6.45, 7) is 5.67. The van der Waals surface area contributed by atoms with Crippen molar-refractivity contribution in [1.29, 1.82) is 5.41 Å². The van der Waals surface area contributed by atoms with Crippen LogP contribution >= 0.6 is 11.3 Å². The van der Waals surface area contributed by atoms with Gasteiger partial charge in [0.15, 0.2) is 0 Å². The summed E-state index contributed by atoms with van der Waals surface area (Å²) in [5.41, 5.74) is 11.0. The normalized spacial score (nSPS) is 17.2. The van der Waals surface area contributed by atoms with Crippen LogP contribution in [-0.4, -0.2) is 96.1 Å². The van der Waals surface area contributed by atoms with Crippen LogP contribution in [0.3, 0.4) is 0 Å². The number of rotatable bonds is 6. The van der Waals surface area contributed by atoms with Crippen LogP contribution in [0, 0.1) is 5.41 Å². The minimum absolute atomic E-state index is 0.220. The second-order valence-corrected chi connectivity index (χ2v) is 9.56. The topological polar surface area (TPSA) is 132 Å². The summed E-state index contributed by atoms with van der Waals surface area (Å²) in [5.74, 6) is 0.439. The van der Waals surface area contributed by atoms with Crippen LogP contribution in [0.25, 0.3) is 21.5 Å². The fraction of sp³-hybridized carbons (Fsp3) is 0.417. The Morgan fingerprint density at radius 2 is 1.94 bits per heavy atom. The van der Waals surface area contributed by atoms with E-state index in [1.807, 2.05) is 12.1 Å². The molecule has 2 aromatic heterocycles. The van der Waals surface area contributed by atoms with Crippen molar-refractivity contribution in [3.05, 3.63) is 34.7 Å². The Morgan fingerprint density at radius 1 is 1.17 bits per heavy atom. The van der Waals surface area contributed by atoms with E-state index in [1.54, 1.807) is 22.3 Å². The molecule has 2 saturated heterocycles. The predicted molar refractivity (Wildman–Crippen MR) is 137 cm³/mol. The molecule has 11 heteroatoms. The number of ether oxygens (including phenoxy) is 1. The lowest BCUT2D eigenvalue weighted by molar-refractivity contribution is -0.135. The number of fused-ring (bicyclic) bond motifs is 1. The summed E-state index contributed by atoms with van der Waals surface area (Å²) in [6.07, 6.45) is 1.29. The van der Waals surface area contributed by atoms with Gasteiger partial charge in [0.2, 0.25) is 11.9 Å². The molecule has 2 aliphatic rings. The third-order valence-corrected chi connectivity index (χ3v) is 7.59. The Balaban J connectivity index is 1.53. The van der Waals surface area contributed by atoms with Crippen molar-refractivity contribution in [2.45, 2.75) is 6.54 Å². The van der Waals surface area contributed by atoms with E-state index in [1.165, 1.54) is 6.21 Å². The molecule has 0 unspecified atom stereocenters. The molecule has 4 N–H and O–H groups in total. The highest BCUT2D eigenvalue weighted by Crippen LogP contribution is 2.37. The predicted octanol–water partition coefficient (Wildman–Crippen LogP) is 1.41. The number of benzene rings is 1. The number of aliphatic hydroxyl groups excluding tert-OH is 1. The monoisotopic (exact) mass is 495 g/mol. The van der Waals surface area contributed by atoms with E-state index in [4.69, 9.17) is 31.0 Å². The number of aliphatic hydroxyl groups is 1. The molecule has 0 spiro atoms. The van der Waals surface area contributed by atoms with Gasteiger partial charge in [0.1, 0.15) is 6.61 Å². The standard InChI is InChI=1S/C24H29N7O3S/c25-12-18-17(2-1-3-19(18)26)22-23-21(27-24(28-22)31-8-10-34-11-9-31)16(15-35-23)13-29-4-6-30(7-5-29)20(33)14-32/h1-3,12,15,25,32H,4-11,13-14,26H2. The average Bonchev–Trinajstić information content (AvgIpc) is 3.31. The molecule has 3 aromatic rings. The maximum absolute atomic E-state index is 11.8. The van der Waals surface area contributed by atoms with E-state index in [2.05, 4.69) is 15.2 Å². The van der Waals surface area contributed by atoms with Crippen molar-refractivity contribution in [3.63, 3.8) is 0 Å². The fourth-order valence-electron chi connectivity index (χ4n) is 4.60. The Kier molecular flexibility index (Phi) is 6.91. The molecule has 1 amide bonds. The molecule has 0 atom stereocenters. The van der Waals surface area contributed by atoms with Gasteiger partial charge in [0.25, 0.3) is 0 Å². The lowest BCUT2D eigenvalue weighted by atomic mass is 10.0. The number of nitrogens with zero attached hydrogens (tertiary/aromatic N) is 5. The number of nitrogen functional groups attached to an aromatic ring is 1. The van der Waals surface area contributed by atoms with E-state index in [-0.39, 0.29) is 5.91 Å². The first kappa shape index (κ1) is 23.6. The number of thiophene rings is 1. The minimum atomic E-state index is -0.444. The molecule has 0 radical (unpaired) electrons. The molecule has 0 saturated carbocycles. The summed E-state index contributed by atoms with van der Waals surface area (Å²) in [6, 6.07) is 5.65. The van der Waals surface area contributed by atoms with Gasteiger partial charge in [-0.05, 0) is 11.4 Å². The van der Waals surface area contributed by atoms with Gasteiger partial charge in [-0.1, -0.05) is 12.1 Å². The van der Waals surface area contributed by atoms with Gasteiger partial charge in [-0.25, -0.2) is 9.97 Å². The maximum Gasteiger partial charge on any atom is 0.248 e. The van der Waals surface area contributed by atoms with Crippen LogP contribution in [0.15, 0.2) is 23.6 Å². The number of piperazine rings is 1. The molecule has 184 valence electrons. The largest absolute Gasteiger partial charge is 0.398 e. The number of hydrogen-bond acceptors (Lipinski definition) is 10. The van der Waals surface area contributed by atoms with Gasteiger partial charge in [-0.15, -0.1) is 11.3 Å². The van der Waals surface area contributed by atoms with Crippen molar-refractivity contribution >= 4 is 45.3 Å². The number of hydrogen-bond donors (Lipinski definition) is 3. The third-order valence-electron chi connectivity index (χ3n) is 6.56. The van der Waals surface area contributed by atoms with Crippen LogP contribution in [0.5, 0.6) is 0 Å². The highest BCUT2D eigenvalue weighted by Gasteiger charge is 2.24. The Bertz CT molecular complexity index is 1230. The third kappa shape index (κ3) is 4.72. The first-order valence-corrected chi connectivity index (χ1v) is 12.6. The molecule has 2 aliphatic heterocycles. The summed E-state index contributed by atoms with van der Waals surface area (Å²) in [7, 11) is 0. The summed E-state index contributed by atoms with van der Waals surface area (Å²) < 4.78 is 6.50. The Labute approximate surface area is 207 Å². The first-order chi connectivity index (χ1) is 17.1. The zero-order chi connectivity index (χ0) is 24.4. The van der Waals surface area contributed by atoms with E-state index < -0.39 is 6.61 Å². The van der Waals surface area contributed by atoms with Crippen molar-refractivity contribution in [1.82, 2.24) is 19.8 Å². The van der Waals surface area contributed by atoms with Crippen LogP contribution in [0.2, 0.25) is 0 Å². The maximum atomic E-state index is 11.8. The zero-order valence-corrected chi connectivity index (χ0v) is 20.3. The number of morpholine rings is 1. The van der Waals surface area contributed by atoms with Crippen molar-refractivity contribution in [2.75, 3.05) is 69.7 Å². The second kappa shape index (κ2) is 10.2. The van der Waals surface area contributed by atoms with Crippen molar-refractivity contribution in [3.8, 4) is 11.3 Å². The molecule has 0 aliphatic carbocycles. The first-order valence-electron chi connectivity index (χ1n) is 11.7.